The second-order valence-corrected chi connectivity index (χ2v) is 7.63. The van der Waals surface area contributed by atoms with Crippen molar-refractivity contribution in [3.8, 4) is 0 Å². The normalized spacial score (nSPS) is 31.4. The van der Waals surface area contributed by atoms with Crippen LogP contribution in [0, 0.1) is 12.3 Å². The van der Waals surface area contributed by atoms with Crippen molar-refractivity contribution < 1.29 is 26.1 Å². The van der Waals surface area contributed by atoms with Gasteiger partial charge in [-0.2, -0.15) is 8.42 Å². The fourth-order valence-corrected chi connectivity index (χ4v) is 4.03. The number of aryl methyl sites for hydroxylation is 1. The number of rotatable bonds is 5. The van der Waals surface area contributed by atoms with Gasteiger partial charge in [-0.25, -0.2) is 8.78 Å². The Morgan fingerprint density at radius 1 is 1.29 bits per heavy atom. The van der Waals surface area contributed by atoms with E-state index >= 15 is 0 Å². The summed E-state index contributed by atoms with van der Waals surface area (Å²) < 4.78 is 60.2. The van der Waals surface area contributed by atoms with Gasteiger partial charge in [0.1, 0.15) is 0 Å². The van der Waals surface area contributed by atoms with Gasteiger partial charge in [0.05, 0.1) is 29.1 Å². The number of hydrogen-bond acceptors (Lipinski definition) is 4. The van der Waals surface area contributed by atoms with Crippen LogP contribution in [-0.2, 0) is 19.0 Å². The lowest BCUT2D eigenvalue weighted by molar-refractivity contribution is -0.0918. The minimum atomic E-state index is -3.89. The number of alkyl halides is 2. The molecule has 21 heavy (non-hydrogen) atoms. The van der Waals surface area contributed by atoms with Crippen LogP contribution in [0.4, 0.5) is 8.78 Å². The predicted octanol–water partition coefficient (Wildman–Crippen LogP) is 2.51. The highest BCUT2D eigenvalue weighted by Crippen LogP contribution is 2.60. The largest absolute Gasteiger partial charge is 0.372 e. The second-order valence-electron chi connectivity index (χ2n) is 6.02. The Morgan fingerprint density at radius 3 is 2.43 bits per heavy atom. The lowest BCUT2D eigenvalue weighted by atomic mass is 9.63. The van der Waals surface area contributed by atoms with Crippen LogP contribution >= 0.6 is 0 Å². The first kappa shape index (κ1) is 14.9. The van der Waals surface area contributed by atoms with Gasteiger partial charge >= 0.3 is 0 Å². The maximum atomic E-state index is 12.9. The van der Waals surface area contributed by atoms with Crippen LogP contribution in [-0.4, -0.2) is 33.7 Å². The standard InChI is InChI=1S/C14H16F2O4S/c1-10-2-4-11(5-3-10)21(17,18)20-9-14-6-13(7-14,8-19-14)12(15)16/h2-5,12H,6-9H2,1H3. The van der Waals surface area contributed by atoms with E-state index in [1.807, 2.05) is 6.92 Å². The minimum Gasteiger partial charge on any atom is -0.372 e. The molecule has 4 rings (SSSR count). The first-order valence-electron chi connectivity index (χ1n) is 6.65. The first-order valence-corrected chi connectivity index (χ1v) is 8.06. The zero-order chi connectivity index (χ0) is 15.3. The summed E-state index contributed by atoms with van der Waals surface area (Å²) in [6.45, 7) is 1.61. The number of fused-ring (bicyclic) bond motifs is 1. The van der Waals surface area contributed by atoms with Crippen LogP contribution in [0.15, 0.2) is 29.2 Å². The molecule has 1 aromatic carbocycles. The molecule has 0 atom stereocenters. The highest BCUT2D eigenvalue weighted by atomic mass is 32.2. The molecule has 4 nitrogen and oxygen atoms in total. The molecule has 3 aliphatic rings. The van der Waals surface area contributed by atoms with E-state index in [4.69, 9.17) is 8.92 Å². The van der Waals surface area contributed by atoms with Crippen molar-refractivity contribution >= 4 is 10.1 Å². The summed E-state index contributed by atoms with van der Waals surface area (Å²) in [5.41, 5.74) is -1.03. The summed E-state index contributed by atoms with van der Waals surface area (Å²) in [5, 5.41) is 0. The molecule has 0 aromatic heterocycles. The average Bonchev–Trinajstić information content (AvgIpc) is 2.93. The van der Waals surface area contributed by atoms with E-state index in [1.165, 1.54) is 12.1 Å². The zero-order valence-corrected chi connectivity index (χ0v) is 12.3. The molecule has 7 heteroatoms. The molecule has 1 saturated carbocycles. The molecule has 0 unspecified atom stereocenters. The second kappa shape index (κ2) is 4.72. The van der Waals surface area contributed by atoms with Crippen molar-refractivity contribution in [2.45, 2.75) is 36.7 Å². The zero-order valence-electron chi connectivity index (χ0n) is 11.5. The molecule has 2 saturated heterocycles. The Balaban J connectivity index is 1.65. The number of ether oxygens (including phenoxy) is 1. The summed E-state index contributed by atoms with van der Waals surface area (Å²) >= 11 is 0. The Hall–Kier alpha value is -1.05. The van der Waals surface area contributed by atoms with Crippen molar-refractivity contribution in [2.75, 3.05) is 13.2 Å². The Labute approximate surface area is 122 Å². The van der Waals surface area contributed by atoms with E-state index in [0.29, 0.717) is 0 Å². The van der Waals surface area contributed by atoms with Crippen LogP contribution in [0.5, 0.6) is 0 Å². The smallest absolute Gasteiger partial charge is 0.297 e. The van der Waals surface area contributed by atoms with Crippen molar-refractivity contribution in [3.05, 3.63) is 29.8 Å². The van der Waals surface area contributed by atoms with Gasteiger partial charge in [-0.1, -0.05) is 17.7 Å². The van der Waals surface area contributed by atoms with Crippen LogP contribution in [0.3, 0.4) is 0 Å². The Morgan fingerprint density at radius 2 is 1.90 bits per heavy atom. The highest BCUT2D eigenvalue weighted by Gasteiger charge is 2.67. The number of hydrogen-bond donors (Lipinski definition) is 0. The molecule has 2 aliphatic heterocycles. The van der Waals surface area contributed by atoms with Gasteiger partial charge in [-0.15, -0.1) is 0 Å². The topological polar surface area (TPSA) is 52.6 Å². The van der Waals surface area contributed by atoms with Crippen molar-refractivity contribution in [1.82, 2.24) is 0 Å². The quantitative estimate of drug-likeness (QED) is 0.783. The van der Waals surface area contributed by atoms with Crippen LogP contribution in [0.2, 0.25) is 0 Å². The van der Waals surface area contributed by atoms with Crippen LogP contribution < -0.4 is 0 Å². The van der Waals surface area contributed by atoms with Crippen molar-refractivity contribution in [2.24, 2.45) is 5.41 Å². The third-order valence-electron chi connectivity index (χ3n) is 4.26. The fourth-order valence-electron chi connectivity index (χ4n) is 3.05. The van der Waals surface area contributed by atoms with Gasteiger partial charge in [0.2, 0.25) is 6.43 Å². The first-order chi connectivity index (χ1) is 9.77. The van der Waals surface area contributed by atoms with Crippen molar-refractivity contribution in [3.63, 3.8) is 0 Å². The Bertz CT molecular complexity index is 633. The molecule has 1 aromatic rings. The molecule has 116 valence electrons. The summed E-state index contributed by atoms with van der Waals surface area (Å²) in [6.07, 6.45) is -2.14. The SMILES string of the molecule is Cc1ccc(S(=O)(=O)OCC23CC(C(F)F)(CO2)C3)cc1. The summed E-state index contributed by atoms with van der Waals surface area (Å²) in [4.78, 5) is 0.0574. The monoisotopic (exact) mass is 318 g/mol. The van der Waals surface area contributed by atoms with Gasteiger partial charge in [-0.3, -0.25) is 4.18 Å². The summed E-state index contributed by atoms with van der Waals surface area (Å²) in [5.74, 6) is 0. The maximum absolute atomic E-state index is 12.9. The van der Waals surface area contributed by atoms with E-state index < -0.39 is 27.6 Å². The van der Waals surface area contributed by atoms with Gasteiger partial charge in [0.25, 0.3) is 10.1 Å². The van der Waals surface area contributed by atoms with E-state index in [0.717, 1.165) is 5.56 Å². The van der Waals surface area contributed by atoms with Crippen LogP contribution in [0.1, 0.15) is 18.4 Å². The number of benzene rings is 1. The fraction of sp³-hybridized carbons (Fsp3) is 0.571. The van der Waals surface area contributed by atoms with Crippen LogP contribution in [0.25, 0.3) is 0 Å². The molecule has 3 fully saturated rings. The third kappa shape index (κ3) is 2.47. The van der Waals surface area contributed by atoms with E-state index in [1.54, 1.807) is 12.1 Å². The maximum Gasteiger partial charge on any atom is 0.297 e. The van der Waals surface area contributed by atoms with Gasteiger partial charge in [0, 0.05) is 0 Å². The molecular formula is C14H16F2O4S. The molecule has 2 heterocycles. The van der Waals surface area contributed by atoms with Gasteiger partial charge < -0.3 is 4.74 Å². The van der Waals surface area contributed by atoms with Crippen molar-refractivity contribution in [1.29, 1.82) is 0 Å². The molecule has 0 radical (unpaired) electrons. The molecule has 0 spiro atoms. The molecule has 1 aliphatic carbocycles. The Kier molecular flexibility index (Phi) is 3.35. The predicted molar refractivity (Wildman–Crippen MR) is 70.7 cm³/mol. The van der Waals surface area contributed by atoms with Gasteiger partial charge in [-0.05, 0) is 31.9 Å². The summed E-state index contributed by atoms with van der Waals surface area (Å²) in [6, 6.07) is 6.27. The molecular weight excluding hydrogens is 302 g/mol. The minimum absolute atomic E-state index is 0.0292. The average molecular weight is 318 g/mol. The molecule has 2 bridgehead atoms. The third-order valence-corrected chi connectivity index (χ3v) is 5.54. The molecule has 0 amide bonds. The summed E-state index contributed by atoms with van der Waals surface area (Å²) in [7, 11) is -3.89. The van der Waals surface area contributed by atoms with E-state index in [-0.39, 0.29) is 31.0 Å². The lowest BCUT2D eigenvalue weighted by Crippen LogP contribution is -2.51. The van der Waals surface area contributed by atoms with E-state index in [9.17, 15) is 17.2 Å². The highest BCUT2D eigenvalue weighted by molar-refractivity contribution is 7.86. The van der Waals surface area contributed by atoms with Gasteiger partial charge in [0.15, 0.2) is 0 Å². The van der Waals surface area contributed by atoms with E-state index in [2.05, 4.69) is 0 Å². The lowest BCUT2D eigenvalue weighted by Gasteiger charge is -2.43. The molecule has 0 N–H and O–H groups in total. The number of halogens is 2.